The van der Waals surface area contributed by atoms with Crippen molar-refractivity contribution in [2.45, 2.75) is 13.8 Å². The van der Waals surface area contributed by atoms with Gasteiger partial charge in [-0.2, -0.15) is 0 Å². The predicted molar refractivity (Wildman–Crippen MR) is 38.5 cm³/mol. The van der Waals surface area contributed by atoms with Gasteiger partial charge in [0.25, 0.3) is 0 Å². The van der Waals surface area contributed by atoms with E-state index in [0.717, 1.165) is 22.0 Å². The summed E-state index contributed by atoms with van der Waals surface area (Å²) in [6.45, 7) is 11.4. The third kappa shape index (κ3) is 0.784. The summed E-state index contributed by atoms with van der Waals surface area (Å²) in [4.78, 5) is 0. The fraction of sp³-hybridized carbons (Fsp3) is 0.250. The summed E-state index contributed by atoms with van der Waals surface area (Å²) < 4.78 is 5.12. The predicted octanol–water partition coefficient (Wildman–Crippen LogP) is 0.717. The van der Waals surface area contributed by atoms with Gasteiger partial charge in [-0.05, 0) is 25.0 Å². The van der Waals surface area contributed by atoms with Crippen molar-refractivity contribution >= 4 is 13.2 Å². The summed E-state index contributed by atoms with van der Waals surface area (Å²) >= 11 is 0. The van der Waals surface area contributed by atoms with Gasteiger partial charge in [-0.1, -0.05) is 13.2 Å². The Labute approximate surface area is 54.3 Å². The molecule has 0 amide bonds. The number of rotatable bonds is 0. The molecule has 0 atom stereocenters. The molecule has 1 heterocycles. The highest BCUT2D eigenvalue weighted by molar-refractivity contribution is 5.23. The Hall–Kier alpha value is -0.980. The Morgan fingerprint density at radius 3 is 1.44 bits per heavy atom. The van der Waals surface area contributed by atoms with Crippen LogP contribution in [0.25, 0.3) is 13.2 Å². The molecule has 0 aliphatic carbocycles. The van der Waals surface area contributed by atoms with Crippen LogP contribution in [0.15, 0.2) is 4.42 Å². The second-order valence-electron chi connectivity index (χ2n) is 2.20. The summed E-state index contributed by atoms with van der Waals surface area (Å²) in [5.74, 6) is 0. The van der Waals surface area contributed by atoms with Crippen LogP contribution in [-0.4, -0.2) is 0 Å². The molecular weight excluding hydrogens is 112 g/mol. The Bertz CT molecular complexity index is 276. The maximum absolute atomic E-state index is 5.12. The standard InChI is InChI=1S/C8H10O/c1-5-6(2)8(4)9-7(5)3/h3-4H2,1-2H3. The monoisotopic (exact) mass is 122 g/mol. The summed E-state index contributed by atoms with van der Waals surface area (Å²) in [6, 6.07) is 0. The van der Waals surface area contributed by atoms with Crippen molar-refractivity contribution in [3.8, 4) is 0 Å². The lowest BCUT2D eigenvalue weighted by molar-refractivity contribution is 0.501. The zero-order chi connectivity index (χ0) is 7.02. The van der Waals surface area contributed by atoms with Crippen LogP contribution < -0.4 is 10.8 Å². The lowest BCUT2D eigenvalue weighted by Crippen LogP contribution is -1.95. The van der Waals surface area contributed by atoms with Crippen LogP contribution in [0, 0.1) is 13.8 Å². The fourth-order valence-electron chi connectivity index (χ4n) is 0.720. The van der Waals surface area contributed by atoms with Crippen LogP contribution in [0.1, 0.15) is 11.1 Å². The molecule has 0 aliphatic heterocycles. The van der Waals surface area contributed by atoms with Gasteiger partial charge < -0.3 is 4.42 Å². The van der Waals surface area contributed by atoms with E-state index in [1.54, 1.807) is 0 Å². The molecule has 0 unspecified atom stereocenters. The molecule has 0 radical (unpaired) electrons. The highest BCUT2D eigenvalue weighted by Gasteiger charge is 1.96. The molecule has 0 aliphatic rings. The van der Waals surface area contributed by atoms with E-state index < -0.39 is 0 Å². The maximum atomic E-state index is 5.12. The molecule has 1 rings (SSSR count). The maximum Gasteiger partial charge on any atom is 0.123 e. The minimum Gasteiger partial charge on any atom is -0.458 e. The molecule has 0 bridgehead atoms. The van der Waals surface area contributed by atoms with E-state index in [0.29, 0.717) is 0 Å². The molecule has 1 aromatic rings. The normalized spacial score (nSPS) is 10.0. The summed E-state index contributed by atoms with van der Waals surface area (Å²) in [5, 5.41) is 0. The lowest BCUT2D eigenvalue weighted by atomic mass is 10.2. The molecule has 0 spiro atoms. The van der Waals surface area contributed by atoms with Crippen LogP contribution in [-0.2, 0) is 0 Å². The van der Waals surface area contributed by atoms with Crippen molar-refractivity contribution in [3.63, 3.8) is 0 Å². The zero-order valence-electron chi connectivity index (χ0n) is 5.82. The Morgan fingerprint density at radius 2 is 1.33 bits per heavy atom. The Balaban J connectivity index is 3.67. The highest BCUT2D eigenvalue weighted by Crippen LogP contribution is 1.91. The van der Waals surface area contributed by atoms with Crippen LogP contribution in [0.3, 0.4) is 0 Å². The van der Waals surface area contributed by atoms with E-state index in [9.17, 15) is 0 Å². The third-order valence-electron chi connectivity index (χ3n) is 1.65. The lowest BCUT2D eigenvalue weighted by Gasteiger charge is -1.79. The van der Waals surface area contributed by atoms with E-state index in [2.05, 4.69) is 13.2 Å². The molecule has 1 aromatic heterocycles. The number of hydrogen-bond acceptors (Lipinski definition) is 1. The Morgan fingerprint density at radius 1 is 1.00 bits per heavy atom. The van der Waals surface area contributed by atoms with Crippen molar-refractivity contribution in [1.29, 1.82) is 0 Å². The van der Waals surface area contributed by atoms with Gasteiger partial charge in [0.05, 0.1) is 0 Å². The summed E-state index contributed by atoms with van der Waals surface area (Å²) in [6.07, 6.45) is 0. The van der Waals surface area contributed by atoms with Gasteiger partial charge in [0, 0.05) is 0 Å². The number of furan rings is 1. The smallest absolute Gasteiger partial charge is 0.123 e. The van der Waals surface area contributed by atoms with Crippen molar-refractivity contribution in [2.24, 2.45) is 0 Å². The van der Waals surface area contributed by atoms with Crippen molar-refractivity contribution < 1.29 is 4.42 Å². The highest BCUT2D eigenvalue weighted by atomic mass is 16.3. The third-order valence-corrected chi connectivity index (χ3v) is 1.65. The molecule has 1 nitrogen and oxygen atoms in total. The average molecular weight is 122 g/mol. The minimum atomic E-state index is 0.734. The summed E-state index contributed by atoms with van der Waals surface area (Å²) in [5.41, 5.74) is 3.69. The van der Waals surface area contributed by atoms with E-state index in [-0.39, 0.29) is 0 Å². The molecule has 1 heteroatoms. The first-order valence-corrected chi connectivity index (χ1v) is 2.87. The second kappa shape index (κ2) is 1.76. The first-order chi connectivity index (χ1) is 4.13. The van der Waals surface area contributed by atoms with Crippen molar-refractivity contribution in [1.82, 2.24) is 0 Å². The molecule has 0 fully saturated rings. The van der Waals surface area contributed by atoms with Crippen molar-refractivity contribution in [3.05, 3.63) is 22.0 Å². The molecule has 0 N–H and O–H groups in total. The molecule has 48 valence electrons. The van der Waals surface area contributed by atoms with Crippen LogP contribution in [0.4, 0.5) is 0 Å². The van der Waals surface area contributed by atoms with E-state index >= 15 is 0 Å². The molecule has 9 heavy (non-hydrogen) atoms. The summed E-state index contributed by atoms with van der Waals surface area (Å²) in [7, 11) is 0. The van der Waals surface area contributed by atoms with Crippen LogP contribution in [0.5, 0.6) is 0 Å². The molecule has 0 saturated carbocycles. The van der Waals surface area contributed by atoms with E-state index in [4.69, 9.17) is 4.42 Å². The first-order valence-electron chi connectivity index (χ1n) is 2.87. The van der Waals surface area contributed by atoms with Crippen LogP contribution in [0.2, 0.25) is 0 Å². The SMILES string of the molecule is C=c1oc(=C)c(C)c1C. The number of hydrogen-bond donors (Lipinski definition) is 0. The topological polar surface area (TPSA) is 13.1 Å². The quantitative estimate of drug-likeness (QED) is 0.494. The first kappa shape index (κ1) is 6.14. The second-order valence-corrected chi connectivity index (χ2v) is 2.20. The van der Waals surface area contributed by atoms with Gasteiger partial charge in [-0.3, -0.25) is 0 Å². The molecule has 0 saturated heterocycles. The molecule has 0 aromatic carbocycles. The Kier molecular flexibility index (Phi) is 1.20. The van der Waals surface area contributed by atoms with Gasteiger partial charge in [-0.15, -0.1) is 0 Å². The van der Waals surface area contributed by atoms with Gasteiger partial charge in [0.15, 0.2) is 0 Å². The zero-order valence-corrected chi connectivity index (χ0v) is 5.82. The van der Waals surface area contributed by atoms with Gasteiger partial charge in [-0.25, -0.2) is 0 Å². The van der Waals surface area contributed by atoms with E-state index in [1.807, 2.05) is 13.8 Å². The largest absolute Gasteiger partial charge is 0.458 e. The fourth-order valence-corrected chi connectivity index (χ4v) is 0.720. The van der Waals surface area contributed by atoms with Crippen LogP contribution >= 0.6 is 0 Å². The van der Waals surface area contributed by atoms with Crippen molar-refractivity contribution in [2.75, 3.05) is 0 Å². The van der Waals surface area contributed by atoms with Gasteiger partial charge >= 0.3 is 0 Å². The molecular formula is C8H10O. The van der Waals surface area contributed by atoms with E-state index in [1.165, 1.54) is 0 Å². The van der Waals surface area contributed by atoms with Gasteiger partial charge in [0.1, 0.15) is 10.8 Å². The average Bonchev–Trinajstić information content (AvgIpc) is 1.98. The minimum absolute atomic E-state index is 0.734. The van der Waals surface area contributed by atoms with Gasteiger partial charge in [0.2, 0.25) is 0 Å².